The van der Waals surface area contributed by atoms with Crippen LogP contribution in [0.3, 0.4) is 0 Å². The summed E-state index contributed by atoms with van der Waals surface area (Å²) in [5, 5.41) is 2.05. The Morgan fingerprint density at radius 2 is 1.58 bits per heavy atom. The lowest BCUT2D eigenvalue weighted by atomic mass is 10.2. The molecule has 0 radical (unpaired) electrons. The van der Waals surface area contributed by atoms with Crippen molar-refractivity contribution in [1.29, 1.82) is 0 Å². The van der Waals surface area contributed by atoms with E-state index in [1.165, 1.54) is 6.92 Å². The van der Waals surface area contributed by atoms with Gasteiger partial charge in [-0.15, -0.1) is 0 Å². The van der Waals surface area contributed by atoms with Crippen LogP contribution < -0.4 is 5.32 Å². The molecular weight excluding hydrogens is 330 g/mol. The zero-order valence-electron chi connectivity index (χ0n) is 12.3. The van der Waals surface area contributed by atoms with E-state index in [0.29, 0.717) is 6.07 Å². The van der Waals surface area contributed by atoms with Gasteiger partial charge in [0.1, 0.15) is 23.3 Å². The minimum atomic E-state index is -1.41. The lowest BCUT2D eigenvalue weighted by Gasteiger charge is -2.14. The molecule has 0 fully saturated rings. The molecule has 24 heavy (non-hydrogen) atoms. The zero-order chi connectivity index (χ0) is 17.9. The summed E-state index contributed by atoms with van der Waals surface area (Å²) >= 11 is 0. The van der Waals surface area contributed by atoms with E-state index < -0.39 is 52.5 Å². The van der Waals surface area contributed by atoms with Crippen LogP contribution in [-0.4, -0.2) is 18.0 Å². The first-order valence-corrected chi connectivity index (χ1v) is 6.69. The van der Waals surface area contributed by atoms with Gasteiger partial charge in [-0.05, 0) is 31.2 Å². The molecule has 0 bridgehead atoms. The molecular formula is C16H11F4NO3. The van der Waals surface area contributed by atoms with Crippen LogP contribution in [0.1, 0.15) is 17.3 Å². The largest absolute Gasteiger partial charge is 0.449 e. The van der Waals surface area contributed by atoms with Crippen molar-refractivity contribution in [2.24, 2.45) is 0 Å². The molecule has 0 saturated heterocycles. The fraction of sp³-hybridized carbons (Fsp3) is 0.125. The maximum atomic E-state index is 13.4. The van der Waals surface area contributed by atoms with Gasteiger partial charge in [-0.2, -0.15) is 0 Å². The average Bonchev–Trinajstić information content (AvgIpc) is 2.49. The van der Waals surface area contributed by atoms with Gasteiger partial charge >= 0.3 is 5.97 Å². The van der Waals surface area contributed by atoms with Crippen molar-refractivity contribution in [3.63, 3.8) is 0 Å². The third-order valence-electron chi connectivity index (χ3n) is 2.94. The summed E-state index contributed by atoms with van der Waals surface area (Å²) in [6.45, 7) is 1.17. The van der Waals surface area contributed by atoms with Crippen LogP contribution in [0.15, 0.2) is 36.4 Å². The molecule has 2 aromatic rings. The van der Waals surface area contributed by atoms with Gasteiger partial charge in [0.25, 0.3) is 5.91 Å². The highest BCUT2D eigenvalue weighted by atomic mass is 19.1. The maximum Gasteiger partial charge on any atom is 0.339 e. The Hall–Kier alpha value is -2.90. The highest BCUT2D eigenvalue weighted by Crippen LogP contribution is 2.16. The first kappa shape index (κ1) is 17.5. The van der Waals surface area contributed by atoms with Crippen molar-refractivity contribution in [3.8, 4) is 0 Å². The molecule has 126 valence electrons. The molecule has 0 heterocycles. The number of anilines is 1. The summed E-state index contributed by atoms with van der Waals surface area (Å²) in [5.74, 6) is -5.70. The first-order chi connectivity index (χ1) is 11.3. The second-order valence-electron chi connectivity index (χ2n) is 4.82. The van der Waals surface area contributed by atoms with Crippen LogP contribution in [0.2, 0.25) is 0 Å². The molecule has 0 unspecified atom stereocenters. The van der Waals surface area contributed by atoms with Gasteiger partial charge in [0.05, 0.1) is 11.3 Å². The molecule has 0 aliphatic rings. The molecule has 2 aromatic carbocycles. The van der Waals surface area contributed by atoms with Crippen LogP contribution in [0, 0.1) is 23.3 Å². The van der Waals surface area contributed by atoms with Crippen molar-refractivity contribution >= 4 is 17.6 Å². The Morgan fingerprint density at radius 1 is 0.958 bits per heavy atom. The third kappa shape index (κ3) is 4.31. The van der Waals surface area contributed by atoms with Crippen LogP contribution in [0.25, 0.3) is 0 Å². The van der Waals surface area contributed by atoms with Crippen LogP contribution in [0.5, 0.6) is 0 Å². The van der Waals surface area contributed by atoms with Crippen LogP contribution in [-0.2, 0) is 9.53 Å². The number of benzene rings is 2. The highest BCUT2D eigenvalue weighted by molar-refractivity contribution is 5.97. The van der Waals surface area contributed by atoms with Crippen molar-refractivity contribution in [3.05, 3.63) is 65.2 Å². The Labute approximate surface area is 134 Å². The van der Waals surface area contributed by atoms with E-state index in [4.69, 9.17) is 4.74 Å². The summed E-state index contributed by atoms with van der Waals surface area (Å²) in [6, 6.07) is 4.48. The van der Waals surface area contributed by atoms with Gasteiger partial charge in [0.2, 0.25) is 0 Å². The minimum absolute atomic E-state index is 0.427. The number of hydrogen-bond acceptors (Lipinski definition) is 3. The summed E-state index contributed by atoms with van der Waals surface area (Å²) in [5.41, 5.74) is -0.858. The topological polar surface area (TPSA) is 55.4 Å². The van der Waals surface area contributed by atoms with Gasteiger partial charge in [-0.1, -0.05) is 0 Å². The predicted molar refractivity (Wildman–Crippen MR) is 76.2 cm³/mol. The van der Waals surface area contributed by atoms with Crippen molar-refractivity contribution < 1.29 is 31.9 Å². The summed E-state index contributed by atoms with van der Waals surface area (Å²) < 4.78 is 57.3. The molecule has 2 rings (SSSR count). The van der Waals surface area contributed by atoms with E-state index in [9.17, 15) is 27.2 Å². The molecule has 1 atom stereocenters. The van der Waals surface area contributed by atoms with Gasteiger partial charge in [0, 0.05) is 12.1 Å². The minimum Gasteiger partial charge on any atom is -0.449 e. The zero-order valence-corrected chi connectivity index (χ0v) is 12.3. The second-order valence-corrected chi connectivity index (χ2v) is 4.82. The molecule has 0 spiro atoms. The first-order valence-electron chi connectivity index (χ1n) is 6.69. The number of carbonyl (C=O) groups excluding carboxylic acids is 2. The number of hydrogen-bond donors (Lipinski definition) is 1. The lowest BCUT2D eigenvalue weighted by Crippen LogP contribution is -2.30. The number of carbonyl (C=O) groups is 2. The summed E-state index contributed by atoms with van der Waals surface area (Å²) in [4.78, 5) is 23.6. The number of rotatable bonds is 4. The molecule has 0 aliphatic carbocycles. The molecule has 1 N–H and O–H groups in total. The van der Waals surface area contributed by atoms with E-state index in [2.05, 4.69) is 5.32 Å². The summed E-state index contributed by atoms with van der Waals surface area (Å²) in [7, 11) is 0. The van der Waals surface area contributed by atoms with Gasteiger partial charge < -0.3 is 10.1 Å². The summed E-state index contributed by atoms with van der Waals surface area (Å²) in [6.07, 6.45) is -1.41. The molecule has 4 nitrogen and oxygen atoms in total. The third-order valence-corrected chi connectivity index (χ3v) is 2.94. The fourth-order valence-corrected chi connectivity index (χ4v) is 1.78. The number of nitrogens with one attached hydrogen (secondary N) is 1. The van der Waals surface area contributed by atoms with E-state index in [0.717, 1.165) is 30.3 Å². The predicted octanol–water partition coefficient (Wildman–Crippen LogP) is 3.43. The normalized spacial score (nSPS) is 11.7. The number of esters is 1. The molecule has 0 aliphatic heterocycles. The van der Waals surface area contributed by atoms with Crippen LogP contribution >= 0.6 is 0 Å². The van der Waals surface area contributed by atoms with E-state index in [1.54, 1.807) is 0 Å². The average molecular weight is 341 g/mol. The van der Waals surface area contributed by atoms with Gasteiger partial charge in [0.15, 0.2) is 6.10 Å². The van der Waals surface area contributed by atoms with E-state index >= 15 is 0 Å². The van der Waals surface area contributed by atoms with Crippen LogP contribution in [0.4, 0.5) is 23.2 Å². The Kier molecular flexibility index (Phi) is 5.18. The van der Waals surface area contributed by atoms with E-state index in [1.807, 2.05) is 0 Å². The second kappa shape index (κ2) is 7.12. The molecule has 0 aromatic heterocycles. The number of halogens is 4. The Morgan fingerprint density at radius 3 is 2.21 bits per heavy atom. The van der Waals surface area contributed by atoms with Gasteiger partial charge in [-0.25, -0.2) is 22.4 Å². The standard InChI is InChI=1S/C16H11F4NO3/c1-8(15(22)21-14-7-10(17)2-3-13(14)20)24-16(23)9-4-11(18)6-12(19)5-9/h2-8H,1H3,(H,21,22)/t8-/m1/s1. The van der Waals surface area contributed by atoms with Crippen molar-refractivity contribution in [1.82, 2.24) is 0 Å². The fourth-order valence-electron chi connectivity index (χ4n) is 1.78. The number of amides is 1. The smallest absolute Gasteiger partial charge is 0.339 e. The Bertz CT molecular complexity index is 775. The molecule has 0 saturated carbocycles. The maximum absolute atomic E-state index is 13.4. The monoisotopic (exact) mass is 341 g/mol. The van der Waals surface area contributed by atoms with Gasteiger partial charge in [-0.3, -0.25) is 4.79 Å². The van der Waals surface area contributed by atoms with E-state index in [-0.39, 0.29) is 0 Å². The molecule has 1 amide bonds. The Balaban J connectivity index is 2.05. The van der Waals surface area contributed by atoms with Crippen molar-refractivity contribution in [2.75, 3.05) is 5.32 Å². The lowest BCUT2D eigenvalue weighted by molar-refractivity contribution is -0.123. The highest BCUT2D eigenvalue weighted by Gasteiger charge is 2.21. The molecule has 8 heteroatoms. The number of ether oxygens (including phenoxy) is 1. The van der Waals surface area contributed by atoms with Crippen molar-refractivity contribution in [2.45, 2.75) is 13.0 Å². The SMILES string of the molecule is C[C@@H](OC(=O)c1cc(F)cc(F)c1)C(=O)Nc1cc(F)ccc1F. The quantitative estimate of drug-likeness (QED) is 0.685.